The molecule has 1 aliphatic heterocycles. The first-order valence-corrected chi connectivity index (χ1v) is 7.21. The van der Waals surface area contributed by atoms with Gasteiger partial charge in [0.15, 0.2) is 0 Å². The molecule has 1 N–H and O–H groups in total. The number of carbonyl (C=O) groups excluding carboxylic acids is 1. The highest BCUT2D eigenvalue weighted by atomic mass is 79.9. The van der Waals surface area contributed by atoms with Crippen LogP contribution in [0.2, 0.25) is 0 Å². The Hall–Kier alpha value is -1.47. The maximum atomic E-state index is 13.8. The molecule has 1 atom stereocenters. The van der Waals surface area contributed by atoms with E-state index in [1.165, 1.54) is 12.3 Å². The van der Waals surface area contributed by atoms with E-state index in [-0.39, 0.29) is 11.5 Å². The van der Waals surface area contributed by atoms with E-state index in [4.69, 9.17) is 4.74 Å². The van der Waals surface area contributed by atoms with E-state index in [1.54, 1.807) is 18.2 Å². The molecular formula is C13H7Br2FN2O2. The average molecular weight is 402 g/mol. The minimum atomic E-state index is -0.902. The number of hydrogen-bond donors (Lipinski definition) is 1. The minimum absolute atomic E-state index is 0.168. The van der Waals surface area contributed by atoms with Crippen molar-refractivity contribution in [3.05, 3.63) is 56.5 Å². The van der Waals surface area contributed by atoms with Gasteiger partial charge in [-0.1, -0.05) is 15.9 Å². The third kappa shape index (κ3) is 2.43. The van der Waals surface area contributed by atoms with Crippen LogP contribution in [0.4, 0.5) is 4.39 Å². The number of hydrogen-bond acceptors (Lipinski definition) is 3. The van der Waals surface area contributed by atoms with Crippen LogP contribution in [-0.2, 0) is 0 Å². The topological polar surface area (TPSA) is 51.2 Å². The quantitative estimate of drug-likeness (QED) is 0.743. The van der Waals surface area contributed by atoms with Crippen LogP contribution in [0.25, 0.3) is 0 Å². The van der Waals surface area contributed by atoms with Crippen LogP contribution in [0.3, 0.4) is 0 Å². The summed E-state index contributed by atoms with van der Waals surface area (Å²) in [6, 6.07) is 6.59. The van der Waals surface area contributed by atoms with Gasteiger partial charge in [0.05, 0.1) is 11.1 Å². The van der Waals surface area contributed by atoms with Crippen LogP contribution in [0.15, 0.2) is 39.4 Å². The molecule has 1 aliphatic rings. The van der Waals surface area contributed by atoms with E-state index in [2.05, 4.69) is 42.2 Å². The number of aromatic nitrogens is 1. The SMILES string of the molecule is O=C1NC(c2cc(Br)cnc2F)Oc2ccc(Br)cc21. The summed E-state index contributed by atoms with van der Waals surface area (Å²) in [6.07, 6.45) is 0.440. The zero-order valence-electron chi connectivity index (χ0n) is 9.86. The minimum Gasteiger partial charge on any atom is -0.465 e. The van der Waals surface area contributed by atoms with Gasteiger partial charge in [-0.05, 0) is 40.2 Å². The lowest BCUT2D eigenvalue weighted by molar-refractivity contribution is 0.0748. The number of carbonyl (C=O) groups is 1. The standard InChI is InChI=1S/C13H7Br2FN2O2/c14-6-1-2-10-8(3-6)12(19)18-13(20-10)9-4-7(15)5-17-11(9)16/h1-5,13H,(H,18,19). The summed E-state index contributed by atoms with van der Waals surface area (Å²) >= 11 is 6.50. The van der Waals surface area contributed by atoms with Gasteiger partial charge < -0.3 is 10.1 Å². The van der Waals surface area contributed by atoms with Gasteiger partial charge in [0, 0.05) is 15.1 Å². The third-order valence-electron chi connectivity index (χ3n) is 2.81. The number of nitrogens with zero attached hydrogens (tertiary/aromatic N) is 1. The summed E-state index contributed by atoms with van der Waals surface area (Å²) in [5.74, 6) is -0.600. The Morgan fingerprint density at radius 3 is 2.85 bits per heavy atom. The fraction of sp³-hybridized carbons (Fsp3) is 0.0769. The fourth-order valence-electron chi connectivity index (χ4n) is 1.90. The number of rotatable bonds is 1. The smallest absolute Gasteiger partial charge is 0.258 e. The maximum Gasteiger partial charge on any atom is 0.258 e. The second kappa shape index (κ2) is 5.14. The molecule has 1 aromatic carbocycles. The van der Waals surface area contributed by atoms with Crippen LogP contribution in [-0.4, -0.2) is 10.9 Å². The largest absolute Gasteiger partial charge is 0.465 e. The van der Waals surface area contributed by atoms with Gasteiger partial charge in [0.1, 0.15) is 5.75 Å². The predicted molar refractivity (Wildman–Crippen MR) is 76.9 cm³/mol. The molecule has 1 amide bonds. The lowest BCUT2D eigenvalue weighted by Crippen LogP contribution is -2.37. The van der Waals surface area contributed by atoms with Crippen LogP contribution >= 0.6 is 31.9 Å². The van der Waals surface area contributed by atoms with Crippen molar-refractivity contribution in [1.82, 2.24) is 10.3 Å². The highest BCUT2D eigenvalue weighted by molar-refractivity contribution is 9.10. The molecule has 20 heavy (non-hydrogen) atoms. The number of benzene rings is 1. The van der Waals surface area contributed by atoms with E-state index in [0.717, 1.165) is 4.47 Å². The maximum absolute atomic E-state index is 13.8. The van der Waals surface area contributed by atoms with Gasteiger partial charge in [0.25, 0.3) is 5.91 Å². The van der Waals surface area contributed by atoms with E-state index < -0.39 is 12.2 Å². The molecule has 1 aromatic heterocycles. The Labute approximate surface area is 130 Å². The summed E-state index contributed by atoms with van der Waals surface area (Å²) < 4.78 is 20.7. The first kappa shape index (κ1) is 13.5. The number of amides is 1. The van der Waals surface area contributed by atoms with E-state index in [9.17, 15) is 9.18 Å². The molecule has 3 rings (SSSR count). The number of ether oxygens (including phenoxy) is 1. The summed E-state index contributed by atoms with van der Waals surface area (Å²) in [5, 5.41) is 2.60. The van der Waals surface area contributed by atoms with Gasteiger partial charge in [-0.15, -0.1) is 0 Å². The summed E-state index contributed by atoms with van der Waals surface area (Å²) in [7, 11) is 0. The molecule has 4 nitrogen and oxygen atoms in total. The lowest BCUT2D eigenvalue weighted by atomic mass is 10.1. The first-order chi connectivity index (χ1) is 9.54. The molecule has 0 bridgehead atoms. The molecular weight excluding hydrogens is 395 g/mol. The van der Waals surface area contributed by atoms with Crippen LogP contribution in [0, 0.1) is 5.95 Å². The molecule has 0 saturated carbocycles. The second-order valence-corrected chi connectivity index (χ2v) is 5.98. The predicted octanol–water partition coefficient (Wildman–Crippen LogP) is 3.57. The van der Waals surface area contributed by atoms with Gasteiger partial charge in [-0.2, -0.15) is 4.39 Å². The number of pyridine rings is 1. The van der Waals surface area contributed by atoms with Crippen LogP contribution in [0.5, 0.6) is 5.75 Å². The van der Waals surface area contributed by atoms with Gasteiger partial charge >= 0.3 is 0 Å². The lowest BCUT2D eigenvalue weighted by Gasteiger charge is -2.27. The molecule has 2 aromatic rings. The zero-order chi connectivity index (χ0) is 14.3. The van der Waals surface area contributed by atoms with Crippen molar-refractivity contribution in [1.29, 1.82) is 0 Å². The van der Waals surface area contributed by atoms with Crippen molar-refractivity contribution in [2.45, 2.75) is 6.23 Å². The molecule has 0 spiro atoms. The van der Waals surface area contributed by atoms with E-state index >= 15 is 0 Å². The average Bonchev–Trinajstić information content (AvgIpc) is 2.42. The molecule has 7 heteroatoms. The molecule has 1 unspecified atom stereocenters. The molecule has 0 fully saturated rings. The van der Waals surface area contributed by atoms with Gasteiger partial charge in [0.2, 0.25) is 12.2 Å². The molecule has 0 saturated heterocycles. The number of nitrogens with one attached hydrogen (secondary N) is 1. The van der Waals surface area contributed by atoms with Gasteiger partial charge in [-0.25, -0.2) is 4.98 Å². The van der Waals surface area contributed by atoms with E-state index in [1.807, 2.05) is 0 Å². The van der Waals surface area contributed by atoms with Crippen LogP contribution < -0.4 is 10.1 Å². The molecule has 0 aliphatic carbocycles. The molecule has 0 radical (unpaired) electrons. The third-order valence-corrected chi connectivity index (χ3v) is 3.74. The Bertz CT molecular complexity index is 709. The Balaban J connectivity index is 2.01. The summed E-state index contributed by atoms with van der Waals surface area (Å²) in [5.41, 5.74) is 0.570. The second-order valence-electron chi connectivity index (χ2n) is 4.15. The van der Waals surface area contributed by atoms with Crippen LogP contribution in [0.1, 0.15) is 22.1 Å². The zero-order valence-corrected chi connectivity index (χ0v) is 13.0. The van der Waals surface area contributed by atoms with Crippen molar-refractivity contribution >= 4 is 37.8 Å². The Morgan fingerprint density at radius 1 is 1.25 bits per heavy atom. The van der Waals surface area contributed by atoms with E-state index in [0.29, 0.717) is 15.8 Å². The number of fused-ring (bicyclic) bond motifs is 1. The highest BCUT2D eigenvalue weighted by Crippen LogP contribution is 2.32. The number of halogens is 3. The summed E-state index contributed by atoms with van der Waals surface area (Å²) in [4.78, 5) is 15.6. The highest BCUT2D eigenvalue weighted by Gasteiger charge is 2.29. The van der Waals surface area contributed by atoms with Crippen molar-refractivity contribution < 1.29 is 13.9 Å². The fourth-order valence-corrected chi connectivity index (χ4v) is 2.61. The van der Waals surface area contributed by atoms with Gasteiger partial charge in [-0.3, -0.25) is 4.79 Å². The summed E-state index contributed by atoms with van der Waals surface area (Å²) in [6.45, 7) is 0. The Morgan fingerprint density at radius 2 is 2.05 bits per heavy atom. The van der Waals surface area contributed by atoms with Crippen molar-refractivity contribution in [2.24, 2.45) is 0 Å². The first-order valence-electron chi connectivity index (χ1n) is 5.62. The molecule has 102 valence electrons. The Kier molecular flexibility index (Phi) is 3.47. The molecule has 2 heterocycles. The monoisotopic (exact) mass is 400 g/mol. The van der Waals surface area contributed by atoms with Crippen molar-refractivity contribution in [2.75, 3.05) is 0 Å². The normalized spacial score (nSPS) is 17.1. The van der Waals surface area contributed by atoms with Crippen molar-refractivity contribution in [3.8, 4) is 5.75 Å². The van der Waals surface area contributed by atoms with Crippen molar-refractivity contribution in [3.63, 3.8) is 0 Å².